The second-order valence-corrected chi connectivity index (χ2v) is 5.39. The van der Waals surface area contributed by atoms with E-state index in [4.69, 9.17) is 0 Å². The van der Waals surface area contributed by atoms with Crippen molar-refractivity contribution in [2.75, 3.05) is 6.54 Å². The topological polar surface area (TPSA) is 12.0 Å². The van der Waals surface area contributed by atoms with Crippen LogP contribution in [0.3, 0.4) is 0 Å². The predicted molar refractivity (Wildman–Crippen MR) is 74.7 cm³/mol. The Morgan fingerprint density at radius 1 is 1.28 bits per heavy atom. The van der Waals surface area contributed by atoms with E-state index in [0.717, 1.165) is 13.0 Å². The molecule has 0 amide bonds. The van der Waals surface area contributed by atoms with Crippen molar-refractivity contribution in [2.45, 2.75) is 39.7 Å². The first kappa shape index (κ1) is 15.6. The van der Waals surface area contributed by atoms with E-state index in [1.807, 2.05) is 13.8 Å². The summed E-state index contributed by atoms with van der Waals surface area (Å²) in [6.45, 7) is 7.00. The van der Waals surface area contributed by atoms with Crippen molar-refractivity contribution in [3.8, 4) is 0 Å². The minimum atomic E-state index is -0.475. The summed E-state index contributed by atoms with van der Waals surface area (Å²) in [5.74, 6) is -0.710. The van der Waals surface area contributed by atoms with E-state index in [0.29, 0.717) is 10.9 Å². The summed E-state index contributed by atoms with van der Waals surface area (Å²) in [6.07, 6.45) is 1.31. The van der Waals surface area contributed by atoms with Gasteiger partial charge in [-0.25, -0.2) is 8.78 Å². The van der Waals surface area contributed by atoms with Gasteiger partial charge in [0.1, 0.15) is 11.6 Å². The summed E-state index contributed by atoms with van der Waals surface area (Å²) in [7, 11) is 0. The Balaban J connectivity index is 2.91. The van der Waals surface area contributed by atoms with E-state index < -0.39 is 11.6 Å². The van der Waals surface area contributed by atoms with Crippen molar-refractivity contribution < 1.29 is 8.78 Å². The molecule has 1 nitrogen and oxygen atoms in total. The van der Waals surface area contributed by atoms with Gasteiger partial charge in [0.05, 0.1) is 4.47 Å². The lowest BCUT2D eigenvalue weighted by atomic mass is 9.90. The molecule has 0 aliphatic heterocycles. The lowest BCUT2D eigenvalue weighted by molar-refractivity contribution is 0.358. The first-order chi connectivity index (χ1) is 8.51. The molecule has 2 atom stereocenters. The molecular weight excluding hydrogens is 300 g/mol. The summed E-state index contributed by atoms with van der Waals surface area (Å²) >= 11 is 3.10. The van der Waals surface area contributed by atoms with E-state index in [2.05, 4.69) is 28.2 Å². The van der Waals surface area contributed by atoms with Gasteiger partial charge in [-0.2, -0.15) is 0 Å². The molecule has 0 fully saturated rings. The van der Waals surface area contributed by atoms with Crippen LogP contribution in [-0.4, -0.2) is 12.6 Å². The second-order valence-electron chi connectivity index (χ2n) is 4.54. The van der Waals surface area contributed by atoms with E-state index in [1.54, 1.807) is 0 Å². The van der Waals surface area contributed by atoms with Crippen molar-refractivity contribution in [3.05, 3.63) is 33.8 Å². The largest absolute Gasteiger partial charge is 0.314 e. The van der Waals surface area contributed by atoms with E-state index >= 15 is 0 Å². The number of nitrogens with one attached hydrogen (secondary N) is 1. The summed E-state index contributed by atoms with van der Waals surface area (Å²) < 4.78 is 27.9. The molecule has 2 unspecified atom stereocenters. The number of halogens is 3. The van der Waals surface area contributed by atoms with Gasteiger partial charge in [0.15, 0.2) is 0 Å². The fourth-order valence-electron chi connectivity index (χ4n) is 2.18. The highest BCUT2D eigenvalue weighted by molar-refractivity contribution is 9.10. The van der Waals surface area contributed by atoms with Crippen molar-refractivity contribution in [3.63, 3.8) is 0 Å². The maximum absolute atomic E-state index is 13.9. The highest BCUT2D eigenvalue weighted by Crippen LogP contribution is 2.26. The molecule has 0 aliphatic rings. The fourth-order valence-corrected chi connectivity index (χ4v) is 2.55. The SMILES string of the molecule is CCNC(C)C(CC)Cc1c(F)ccc(Br)c1F. The third-order valence-electron chi connectivity index (χ3n) is 3.36. The summed E-state index contributed by atoms with van der Waals surface area (Å²) in [5, 5.41) is 3.31. The second kappa shape index (κ2) is 7.19. The lowest BCUT2D eigenvalue weighted by Gasteiger charge is -2.24. The molecule has 0 saturated carbocycles. The van der Waals surface area contributed by atoms with Crippen LogP contribution in [0.4, 0.5) is 8.78 Å². The van der Waals surface area contributed by atoms with Gasteiger partial charge in [-0.3, -0.25) is 0 Å². The molecule has 0 aliphatic carbocycles. The van der Waals surface area contributed by atoms with E-state index in [1.165, 1.54) is 12.1 Å². The number of hydrogen-bond donors (Lipinski definition) is 1. The predicted octanol–water partition coefficient (Wildman–Crippen LogP) is 4.29. The molecule has 1 aromatic rings. The number of rotatable bonds is 6. The van der Waals surface area contributed by atoms with Gasteiger partial charge in [0.25, 0.3) is 0 Å². The van der Waals surface area contributed by atoms with Crippen LogP contribution in [0.2, 0.25) is 0 Å². The summed E-state index contributed by atoms with van der Waals surface area (Å²) in [6, 6.07) is 2.97. The molecule has 1 N–H and O–H groups in total. The molecule has 1 aromatic carbocycles. The van der Waals surface area contributed by atoms with Crippen molar-refractivity contribution in [2.24, 2.45) is 5.92 Å². The minimum Gasteiger partial charge on any atom is -0.314 e. The van der Waals surface area contributed by atoms with Crippen LogP contribution in [0.1, 0.15) is 32.8 Å². The molecule has 0 aromatic heterocycles. The normalized spacial score (nSPS) is 14.6. The van der Waals surface area contributed by atoms with E-state index in [9.17, 15) is 8.78 Å². The van der Waals surface area contributed by atoms with Crippen LogP contribution in [0, 0.1) is 17.6 Å². The molecule has 0 bridgehead atoms. The summed E-state index contributed by atoms with van der Waals surface area (Å²) in [5.41, 5.74) is 0.181. The number of benzene rings is 1. The van der Waals surface area contributed by atoms with Crippen LogP contribution in [0.25, 0.3) is 0 Å². The maximum atomic E-state index is 13.9. The average molecular weight is 320 g/mol. The Hall–Kier alpha value is -0.480. The van der Waals surface area contributed by atoms with Gasteiger partial charge in [0, 0.05) is 11.6 Å². The van der Waals surface area contributed by atoms with Crippen LogP contribution in [0.5, 0.6) is 0 Å². The third-order valence-corrected chi connectivity index (χ3v) is 3.98. The third kappa shape index (κ3) is 3.75. The Morgan fingerprint density at radius 2 is 1.94 bits per heavy atom. The zero-order valence-electron chi connectivity index (χ0n) is 11.1. The Morgan fingerprint density at radius 3 is 2.50 bits per heavy atom. The molecule has 1 rings (SSSR count). The van der Waals surface area contributed by atoms with Gasteiger partial charge in [0.2, 0.25) is 0 Å². The van der Waals surface area contributed by atoms with Gasteiger partial charge in [-0.05, 0) is 53.9 Å². The molecular formula is C14H20BrF2N. The van der Waals surface area contributed by atoms with Gasteiger partial charge < -0.3 is 5.32 Å². The Bertz CT molecular complexity index is 396. The molecule has 4 heteroatoms. The van der Waals surface area contributed by atoms with Crippen LogP contribution < -0.4 is 5.32 Å². The van der Waals surface area contributed by atoms with Crippen LogP contribution >= 0.6 is 15.9 Å². The van der Waals surface area contributed by atoms with Crippen molar-refractivity contribution >= 4 is 15.9 Å². The van der Waals surface area contributed by atoms with Crippen molar-refractivity contribution in [1.82, 2.24) is 5.32 Å². The van der Waals surface area contributed by atoms with Crippen molar-refractivity contribution in [1.29, 1.82) is 0 Å². The average Bonchev–Trinajstić information content (AvgIpc) is 2.34. The first-order valence-electron chi connectivity index (χ1n) is 6.36. The molecule has 102 valence electrons. The molecule has 0 radical (unpaired) electrons. The summed E-state index contributed by atoms with van der Waals surface area (Å²) in [4.78, 5) is 0. The highest BCUT2D eigenvalue weighted by atomic mass is 79.9. The standard InChI is InChI=1S/C14H20BrF2N/c1-4-10(9(3)18-5-2)8-11-13(16)7-6-12(15)14(11)17/h6-7,9-10,18H,4-5,8H2,1-3H3. The van der Waals surface area contributed by atoms with Gasteiger partial charge in [-0.1, -0.05) is 20.3 Å². The van der Waals surface area contributed by atoms with Crippen LogP contribution in [0.15, 0.2) is 16.6 Å². The zero-order valence-corrected chi connectivity index (χ0v) is 12.7. The van der Waals surface area contributed by atoms with Crippen LogP contribution in [-0.2, 0) is 6.42 Å². The van der Waals surface area contributed by atoms with Gasteiger partial charge >= 0.3 is 0 Å². The van der Waals surface area contributed by atoms with Gasteiger partial charge in [-0.15, -0.1) is 0 Å². The Kier molecular flexibility index (Phi) is 6.22. The minimum absolute atomic E-state index is 0.181. The maximum Gasteiger partial charge on any atom is 0.143 e. The molecule has 18 heavy (non-hydrogen) atoms. The monoisotopic (exact) mass is 319 g/mol. The highest BCUT2D eigenvalue weighted by Gasteiger charge is 2.20. The lowest BCUT2D eigenvalue weighted by Crippen LogP contribution is -2.34. The smallest absolute Gasteiger partial charge is 0.143 e. The fraction of sp³-hybridized carbons (Fsp3) is 0.571. The molecule has 0 spiro atoms. The van der Waals surface area contributed by atoms with E-state index in [-0.39, 0.29) is 17.5 Å². The number of hydrogen-bond acceptors (Lipinski definition) is 1. The quantitative estimate of drug-likeness (QED) is 0.771. The molecule has 0 saturated heterocycles. The molecule has 0 heterocycles. The zero-order chi connectivity index (χ0) is 13.7. The first-order valence-corrected chi connectivity index (χ1v) is 7.16. The Labute approximate surface area is 116 Å².